The first-order chi connectivity index (χ1) is 13.0. The van der Waals surface area contributed by atoms with Crippen molar-refractivity contribution in [3.8, 4) is 17.2 Å². The molecular formula is C19H21Cl2N3O3. The molecule has 2 unspecified atom stereocenters. The quantitative estimate of drug-likeness (QED) is 0.776. The molecule has 2 atom stereocenters. The third-order valence-corrected chi connectivity index (χ3v) is 5.23. The molecule has 2 aromatic rings. The second kappa shape index (κ2) is 8.15. The first-order valence-corrected chi connectivity index (χ1v) is 9.07. The van der Waals surface area contributed by atoms with Gasteiger partial charge in [-0.1, -0.05) is 29.3 Å². The van der Waals surface area contributed by atoms with Gasteiger partial charge in [0.1, 0.15) is 0 Å². The van der Waals surface area contributed by atoms with Crippen molar-refractivity contribution in [3.63, 3.8) is 0 Å². The van der Waals surface area contributed by atoms with Crippen molar-refractivity contribution >= 4 is 29.2 Å². The second-order valence-corrected chi connectivity index (χ2v) is 6.91. The van der Waals surface area contributed by atoms with E-state index in [0.29, 0.717) is 39.7 Å². The maximum atomic E-state index is 6.17. The van der Waals surface area contributed by atoms with E-state index < -0.39 is 0 Å². The molecule has 0 amide bonds. The average molecular weight is 410 g/mol. The Labute approximate surface area is 168 Å². The third-order valence-electron chi connectivity index (χ3n) is 4.49. The van der Waals surface area contributed by atoms with Crippen molar-refractivity contribution in [2.24, 2.45) is 10.7 Å². The molecule has 1 aliphatic heterocycles. The Morgan fingerprint density at radius 2 is 1.63 bits per heavy atom. The van der Waals surface area contributed by atoms with Crippen molar-refractivity contribution in [2.75, 3.05) is 21.3 Å². The highest BCUT2D eigenvalue weighted by Crippen LogP contribution is 2.42. The predicted octanol–water partition coefficient (Wildman–Crippen LogP) is 4.11. The van der Waals surface area contributed by atoms with Gasteiger partial charge in [0.25, 0.3) is 0 Å². The number of hydrogen-bond donors (Lipinski definition) is 2. The summed E-state index contributed by atoms with van der Waals surface area (Å²) in [5, 5.41) is 4.21. The third kappa shape index (κ3) is 4.01. The van der Waals surface area contributed by atoms with Crippen LogP contribution in [0.25, 0.3) is 0 Å². The van der Waals surface area contributed by atoms with Crippen LogP contribution in [0.3, 0.4) is 0 Å². The van der Waals surface area contributed by atoms with Crippen LogP contribution in [0.2, 0.25) is 10.0 Å². The highest BCUT2D eigenvalue weighted by Gasteiger charge is 2.27. The number of aliphatic imine (C=N–C) groups is 1. The molecule has 0 saturated heterocycles. The lowest BCUT2D eigenvalue weighted by Gasteiger charge is -2.29. The number of nitrogens with one attached hydrogen (secondary N) is 1. The molecule has 6 nitrogen and oxygen atoms in total. The van der Waals surface area contributed by atoms with Gasteiger partial charge < -0.3 is 25.3 Å². The van der Waals surface area contributed by atoms with Gasteiger partial charge in [-0.3, -0.25) is 0 Å². The van der Waals surface area contributed by atoms with Crippen LogP contribution in [-0.4, -0.2) is 27.3 Å². The molecule has 0 radical (unpaired) electrons. The molecule has 8 heteroatoms. The molecule has 1 heterocycles. The molecule has 0 saturated carbocycles. The average Bonchev–Trinajstić information content (AvgIpc) is 2.68. The Hall–Kier alpha value is -2.31. The molecule has 3 rings (SSSR count). The molecule has 27 heavy (non-hydrogen) atoms. The second-order valence-electron chi connectivity index (χ2n) is 6.09. The minimum atomic E-state index is -0.181. The van der Waals surface area contributed by atoms with Crippen molar-refractivity contribution in [2.45, 2.75) is 18.5 Å². The first-order valence-electron chi connectivity index (χ1n) is 8.31. The van der Waals surface area contributed by atoms with Crippen LogP contribution in [0.15, 0.2) is 35.3 Å². The lowest BCUT2D eigenvalue weighted by molar-refractivity contribution is 0.323. The number of rotatable bonds is 5. The Balaban J connectivity index is 1.96. The topological polar surface area (TPSA) is 78.1 Å². The molecule has 2 aromatic carbocycles. The van der Waals surface area contributed by atoms with Crippen molar-refractivity contribution in [1.82, 2.24) is 5.32 Å². The lowest BCUT2D eigenvalue weighted by Crippen LogP contribution is -2.39. The minimum absolute atomic E-state index is 0.0543. The molecule has 1 aliphatic rings. The molecule has 0 aromatic heterocycles. The van der Waals surface area contributed by atoms with E-state index in [1.807, 2.05) is 24.3 Å². The molecule has 0 spiro atoms. The van der Waals surface area contributed by atoms with Crippen LogP contribution in [0.4, 0.5) is 0 Å². The summed E-state index contributed by atoms with van der Waals surface area (Å²) in [6.45, 7) is 0. The van der Waals surface area contributed by atoms with E-state index in [4.69, 9.17) is 43.1 Å². The largest absolute Gasteiger partial charge is 0.493 e. The number of nitrogens with two attached hydrogens (primary N) is 1. The van der Waals surface area contributed by atoms with Crippen molar-refractivity contribution in [3.05, 3.63) is 51.5 Å². The number of hydrogen-bond acceptors (Lipinski definition) is 6. The Morgan fingerprint density at radius 3 is 2.19 bits per heavy atom. The summed E-state index contributed by atoms with van der Waals surface area (Å²) in [5.74, 6) is 2.04. The van der Waals surface area contributed by atoms with E-state index in [-0.39, 0.29) is 12.1 Å². The zero-order valence-electron chi connectivity index (χ0n) is 15.3. The number of methoxy groups -OCH3 is 3. The highest BCUT2D eigenvalue weighted by atomic mass is 35.5. The Kier molecular flexibility index (Phi) is 5.87. The summed E-state index contributed by atoms with van der Waals surface area (Å²) >= 11 is 12.2. The fourth-order valence-corrected chi connectivity index (χ4v) is 3.48. The van der Waals surface area contributed by atoms with Crippen LogP contribution in [-0.2, 0) is 0 Å². The van der Waals surface area contributed by atoms with Crippen molar-refractivity contribution in [1.29, 1.82) is 0 Å². The SMILES string of the molecule is COc1cc(C2CC(c3ccc(Cl)c(Cl)c3)NC(N)=N2)cc(OC)c1OC. The van der Waals surface area contributed by atoms with Crippen LogP contribution in [0.5, 0.6) is 17.2 Å². The van der Waals surface area contributed by atoms with Crippen LogP contribution in [0.1, 0.15) is 29.6 Å². The summed E-state index contributed by atoms with van der Waals surface area (Å²) in [6.07, 6.45) is 0.678. The molecule has 0 aliphatic carbocycles. The van der Waals surface area contributed by atoms with Gasteiger partial charge >= 0.3 is 0 Å². The van der Waals surface area contributed by atoms with Gasteiger partial charge in [0.05, 0.1) is 43.5 Å². The van der Waals surface area contributed by atoms with Crippen LogP contribution in [0, 0.1) is 0 Å². The van der Waals surface area contributed by atoms with E-state index in [0.717, 1.165) is 11.1 Å². The number of benzene rings is 2. The Morgan fingerprint density at radius 1 is 0.963 bits per heavy atom. The molecule has 0 fully saturated rings. The smallest absolute Gasteiger partial charge is 0.203 e. The molecule has 3 N–H and O–H groups in total. The van der Waals surface area contributed by atoms with Gasteiger partial charge in [-0.05, 0) is 41.8 Å². The van der Waals surface area contributed by atoms with Gasteiger partial charge in [0.15, 0.2) is 17.5 Å². The summed E-state index contributed by atoms with van der Waals surface area (Å²) < 4.78 is 16.3. The summed E-state index contributed by atoms with van der Waals surface area (Å²) in [4.78, 5) is 4.55. The van der Waals surface area contributed by atoms with E-state index in [1.165, 1.54) is 0 Å². The maximum Gasteiger partial charge on any atom is 0.203 e. The summed E-state index contributed by atoms with van der Waals surface area (Å²) in [7, 11) is 4.74. The van der Waals surface area contributed by atoms with Gasteiger partial charge in [0.2, 0.25) is 5.75 Å². The van der Waals surface area contributed by atoms with E-state index >= 15 is 0 Å². The zero-order valence-corrected chi connectivity index (χ0v) is 16.8. The molecule has 144 valence electrons. The normalized spacial score (nSPS) is 19.1. The molecular weight excluding hydrogens is 389 g/mol. The van der Waals surface area contributed by atoms with Gasteiger partial charge in [-0.25, -0.2) is 4.99 Å². The van der Waals surface area contributed by atoms with E-state index in [1.54, 1.807) is 27.4 Å². The van der Waals surface area contributed by atoms with Crippen molar-refractivity contribution < 1.29 is 14.2 Å². The van der Waals surface area contributed by atoms with Gasteiger partial charge in [-0.2, -0.15) is 0 Å². The monoisotopic (exact) mass is 409 g/mol. The van der Waals surface area contributed by atoms with Crippen LogP contribution >= 0.6 is 23.2 Å². The maximum absolute atomic E-state index is 6.17. The Bertz CT molecular complexity index is 848. The lowest BCUT2D eigenvalue weighted by atomic mass is 9.93. The fourth-order valence-electron chi connectivity index (χ4n) is 3.17. The summed E-state index contributed by atoms with van der Waals surface area (Å²) in [6, 6.07) is 9.08. The van der Waals surface area contributed by atoms with Crippen LogP contribution < -0.4 is 25.3 Å². The zero-order chi connectivity index (χ0) is 19.6. The standard InChI is InChI=1S/C19H21Cl2N3O3/c1-25-16-7-11(8-17(26-2)18(16)27-3)15-9-14(23-19(22)24-15)10-4-5-12(20)13(21)6-10/h4-8,14-15H,9H2,1-3H3,(H3,22,23,24). The van der Waals surface area contributed by atoms with E-state index in [9.17, 15) is 0 Å². The fraction of sp³-hybridized carbons (Fsp3) is 0.316. The highest BCUT2D eigenvalue weighted by molar-refractivity contribution is 6.42. The van der Waals surface area contributed by atoms with Gasteiger partial charge in [0, 0.05) is 0 Å². The molecule has 0 bridgehead atoms. The number of guanidine groups is 1. The van der Waals surface area contributed by atoms with Gasteiger partial charge in [-0.15, -0.1) is 0 Å². The number of nitrogens with zero attached hydrogens (tertiary/aromatic N) is 1. The minimum Gasteiger partial charge on any atom is -0.493 e. The first kappa shape index (κ1) is 19.5. The predicted molar refractivity (Wildman–Crippen MR) is 107 cm³/mol. The summed E-state index contributed by atoms with van der Waals surface area (Å²) in [5.41, 5.74) is 7.95. The van der Waals surface area contributed by atoms with E-state index in [2.05, 4.69) is 10.3 Å². The number of ether oxygens (including phenoxy) is 3. The number of halogens is 2.